The fourth-order valence-electron chi connectivity index (χ4n) is 2.52. The van der Waals surface area contributed by atoms with Crippen molar-refractivity contribution in [1.82, 2.24) is 9.97 Å². The van der Waals surface area contributed by atoms with Crippen LogP contribution in [0.1, 0.15) is 45.5 Å². The van der Waals surface area contributed by atoms with Gasteiger partial charge in [-0.1, -0.05) is 20.8 Å². The first-order chi connectivity index (χ1) is 9.84. The van der Waals surface area contributed by atoms with Gasteiger partial charge >= 0.3 is 0 Å². The quantitative estimate of drug-likeness (QED) is 0.924. The first kappa shape index (κ1) is 16.0. The molecule has 0 spiro atoms. The lowest BCUT2D eigenvalue weighted by atomic mass is 9.95. The van der Waals surface area contributed by atoms with Crippen LogP contribution in [0.25, 0.3) is 0 Å². The van der Waals surface area contributed by atoms with E-state index in [1.165, 1.54) is 0 Å². The molecule has 2 heterocycles. The van der Waals surface area contributed by atoms with Crippen LogP contribution in [0.5, 0.6) is 0 Å². The third kappa shape index (κ3) is 3.46. The zero-order valence-corrected chi connectivity index (χ0v) is 14.2. The van der Waals surface area contributed by atoms with Gasteiger partial charge in [-0.2, -0.15) is 0 Å². The Kier molecular flexibility index (Phi) is 4.71. The van der Waals surface area contributed by atoms with Crippen LogP contribution in [0, 0.1) is 6.92 Å². The van der Waals surface area contributed by atoms with Crippen LogP contribution in [-0.4, -0.2) is 42.8 Å². The third-order valence-electron chi connectivity index (χ3n) is 3.92. The molecule has 0 amide bonds. The van der Waals surface area contributed by atoms with Crippen molar-refractivity contribution in [3.8, 4) is 0 Å². The number of anilines is 2. The molecule has 0 radical (unpaired) electrons. The van der Waals surface area contributed by atoms with Crippen LogP contribution in [-0.2, 0) is 10.2 Å². The average Bonchev–Trinajstić information content (AvgIpc) is 2.93. The standard InChI is InChI=1S/C16H28N4O/c1-7-17-13-11(2)14(19-15(18-13)16(3,4)5)20(6)12-8-9-21-10-12/h12H,7-10H2,1-6H3,(H,17,18,19). The van der Waals surface area contributed by atoms with Gasteiger partial charge in [0.15, 0.2) is 0 Å². The Hall–Kier alpha value is -1.36. The van der Waals surface area contributed by atoms with Gasteiger partial charge in [0.05, 0.1) is 12.6 Å². The molecule has 1 aliphatic heterocycles. The molecule has 1 N–H and O–H groups in total. The largest absolute Gasteiger partial charge is 0.379 e. The average molecular weight is 292 g/mol. The lowest BCUT2D eigenvalue weighted by Crippen LogP contribution is -2.34. The minimum Gasteiger partial charge on any atom is -0.379 e. The zero-order valence-electron chi connectivity index (χ0n) is 14.2. The van der Waals surface area contributed by atoms with Gasteiger partial charge in [0, 0.05) is 31.2 Å². The predicted octanol–water partition coefficient (Wildman–Crippen LogP) is 2.74. The number of nitrogens with zero attached hydrogens (tertiary/aromatic N) is 3. The van der Waals surface area contributed by atoms with E-state index >= 15 is 0 Å². The van der Waals surface area contributed by atoms with Gasteiger partial charge < -0.3 is 15.0 Å². The Balaban J connectivity index is 2.44. The van der Waals surface area contributed by atoms with Crippen molar-refractivity contribution in [2.75, 3.05) is 37.0 Å². The summed E-state index contributed by atoms with van der Waals surface area (Å²) in [5, 5.41) is 3.37. The van der Waals surface area contributed by atoms with E-state index in [2.05, 4.69) is 51.9 Å². The molecular weight excluding hydrogens is 264 g/mol. The summed E-state index contributed by atoms with van der Waals surface area (Å²) in [7, 11) is 2.11. The lowest BCUT2D eigenvalue weighted by molar-refractivity contribution is 0.193. The smallest absolute Gasteiger partial charge is 0.138 e. The SMILES string of the molecule is CCNc1nc(C(C)(C)C)nc(N(C)C2CCOC2)c1C. The Bertz CT molecular complexity index is 490. The molecule has 2 rings (SSSR count). The van der Waals surface area contributed by atoms with E-state index in [1.807, 2.05) is 0 Å². The second-order valence-corrected chi connectivity index (χ2v) is 6.75. The highest BCUT2D eigenvalue weighted by atomic mass is 16.5. The number of rotatable bonds is 4. The van der Waals surface area contributed by atoms with Crippen molar-refractivity contribution >= 4 is 11.6 Å². The number of hydrogen-bond donors (Lipinski definition) is 1. The Morgan fingerprint density at radius 1 is 1.33 bits per heavy atom. The Morgan fingerprint density at radius 2 is 2.05 bits per heavy atom. The minimum absolute atomic E-state index is 0.0698. The van der Waals surface area contributed by atoms with Crippen LogP contribution < -0.4 is 10.2 Å². The van der Waals surface area contributed by atoms with E-state index in [9.17, 15) is 0 Å². The summed E-state index contributed by atoms with van der Waals surface area (Å²) < 4.78 is 5.51. The number of ether oxygens (including phenoxy) is 1. The van der Waals surface area contributed by atoms with Crippen LogP contribution in [0.2, 0.25) is 0 Å². The van der Waals surface area contributed by atoms with Gasteiger partial charge in [0.25, 0.3) is 0 Å². The molecule has 118 valence electrons. The molecule has 1 aliphatic rings. The monoisotopic (exact) mass is 292 g/mol. The van der Waals surface area contributed by atoms with Crippen molar-refractivity contribution in [1.29, 1.82) is 0 Å². The minimum atomic E-state index is -0.0698. The van der Waals surface area contributed by atoms with Crippen molar-refractivity contribution in [2.45, 2.75) is 52.5 Å². The maximum Gasteiger partial charge on any atom is 0.138 e. The number of hydrogen-bond acceptors (Lipinski definition) is 5. The number of likely N-dealkylation sites (N-methyl/N-ethyl adjacent to an activating group) is 1. The van der Waals surface area contributed by atoms with E-state index in [1.54, 1.807) is 0 Å². The molecule has 0 aliphatic carbocycles. The summed E-state index contributed by atoms with van der Waals surface area (Å²) in [6.07, 6.45) is 1.06. The molecule has 1 atom stereocenters. The summed E-state index contributed by atoms with van der Waals surface area (Å²) >= 11 is 0. The topological polar surface area (TPSA) is 50.3 Å². The van der Waals surface area contributed by atoms with Gasteiger partial charge in [-0.15, -0.1) is 0 Å². The second kappa shape index (κ2) is 6.18. The number of nitrogens with one attached hydrogen (secondary N) is 1. The first-order valence-electron chi connectivity index (χ1n) is 7.78. The van der Waals surface area contributed by atoms with Gasteiger partial charge in [0.1, 0.15) is 17.5 Å². The van der Waals surface area contributed by atoms with E-state index in [4.69, 9.17) is 14.7 Å². The normalized spacial score (nSPS) is 18.9. The summed E-state index contributed by atoms with van der Waals surface area (Å²) in [5.74, 6) is 2.84. The molecule has 0 saturated carbocycles. The maximum absolute atomic E-state index is 5.51. The molecular formula is C16H28N4O. The van der Waals surface area contributed by atoms with E-state index in [0.717, 1.165) is 49.2 Å². The van der Waals surface area contributed by atoms with Crippen LogP contribution >= 0.6 is 0 Å². The van der Waals surface area contributed by atoms with Crippen LogP contribution in [0.3, 0.4) is 0 Å². The summed E-state index contributed by atoms with van der Waals surface area (Å²) in [6.45, 7) is 13.1. The zero-order chi connectivity index (χ0) is 15.6. The Labute approximate surface area is 128 Å². The number of aromatic nitrogens is 2. The van der Waals surface area contributed by atoms with Gasteiger partial charge in [0.2, 0.25) is 0 Å². The first-order valence-corrected chi connectivity index (χ1v) is 7.78. The molecule has 5 nitrogen and oxygen atoms in total. The van der Waals surface area contributed by atoms with Gasteiger partial charge in [-0.3, -0.25) is 0 Å². The lowest BCUT2D eigenvalue weighted by Gasteiger charge is -2.29. The van der Waals surface area contributed by atoms with E-state index in [0.29, 0.717) is 6.04 Å². The fraction of sp³-hybridized carbons (Fsp3) is 0.750. The predicted molar refractivity (Wildman–Crippen MR) is 87.3 cm³/mol. The van der Waals surface area contributed by atoms with Gasteiger partial charge in [-0.05, 0) is 20.3 Å². The van der Waals surface area contributed by atoms with Crippen molar-refractivity contribution < 1.29 is 4.74 Å². The molecule has 1 fully saturated rings. The summed E-state index contributed by atoms with van der Waals surface area (Å²) in [5.41, 5.74) is 1.04. The van der Waals surface area contributed by atoms with E-state index in [-0.39, 0.29) is 5.41 Å². The fourth-order valence-corrected chi connectivity index (χ4v) is 2.52. The van der Waals surface area contributed by atoms with Crippen molar-refractivity contribution in [3.63, 3.8) is 0 Å². The van der Waals surface area contributed by atoms with Crippen molar-refractivity contribution in [3.05, 3.63) is 11.4 Å². The van der Waals surface area contributed by atoms with E-state index < -0.39 is 0 Å². The third-order valence-corrected chi connectivity index (χ3v) is 3.92. The molecule has 5 heteroatoms. The van der Waals surface area contributed by atoms with Crippen LogP contribution in [0.15, 0.2) is 0 Å². The highest BCUT2D eigenvalue weighted by molar-refractivity contribution is 5.59. The van der Waals surface area contributed by atoms with Crippen molar-refractivity contribution in [2.24, 2.45) is 0 Å². The Morgan fingerprint density at radius 3 is 2.57 bits per heavy atom. The molecule has 1 aromatic heterocycles. The molecule has 1 saturated heterocycles. The summed E-state index contributed by atoms with van der Waals surface area (Å²) in [4.78, 5) is 11.8. The summed E-state index contributed by atoms with van der Waals surface area (Å²) in [6, 6.07) is 0.404. The maximum atomic E-state index is 5.51. The van der Waals surface area contributed by atoms with Gasteiger partial charge in [-0.25, -0.2) is 9.97 Å². The molecule has 21 heavy (non-hydrogen) atoms. The molecule has 0 aromatic carbocycles. The molecule has 0 bridgehead atoms. The van der Waals surface area contributed by atoms with Crippen LogP contribution in [0.4, 0.5) is 11.6 Å². The molecule has 1 unspecified atom stereocenters. The highest BCUT2D eigenvalue weighted by Gasteiger charge is 2.26. The molecule has 1 aromatic rings. The highest BCUT2D eigenvalue weighted by Crippen LogP contribution is 2.29. The second-order valence-electron chi connectivity index (χ2n) is 6.75.